The van der Waals surface area contributed by atoms with Gasteiger partial charge in [-0.15, -0.1) is 24.0 Å². The van der Waals surface area contributed by atoms with Gasteiger partial charge in [-0.25, -0.2) is 0 Å². The van der Waals surface area contributed by atoms with Gasteiger partial charge in [0.05, 0.1) is 6.61 Å². The normalized spacial score (nSPS) is 18.7. The Bertz CT molecular complexity index is 307. The first-order chi connectivity index (χ1) is 10.0. The number of ether oxygens (including phenoxy) is 1. The molecule has 0 spiro atoms. The fraction of sp³-hybridized carbons (Fsp3) is 0.938. The molecule has 0 aromatic rings. The third-order valence-electron chi connectivity index (χ3n) is 4.23. The first-order valence-electron chi connectivity index (χ1n) is 8.24. The van der Waals surface area contributed by atoms with E-state index in [2.05, 4.69) is 48.1 Å². The van der Waals surface area contributed by atoms with E-state index in [0.29, 0.717) is 12.0 Å². The molecule has 1 N–H and O–H groups in total. The zero-order valence-corrected chi connectivity index (χ0v) is 17.3. The van der Waals surface area contributed by atoms with Crippen molar-refractivity contribution in [3.8, 4) is 0 Å². The SMILES string of the molecule is CN=C(NCCCCN(C)C(C)C)N(C)CC1CCOC1.I. The molecule has 1 heterocycles. The standard InChI is InChI=1S/C16H34N4O.HI/c1-14(2)19(4)10-7-6-9-18-16(17-3)20(5)12-15-8-11-21-13-15;/h14-15H,6-13H2,1-5H3,(H,17,18);1H. The number of hydrogen-bond acceptors (Lipinski definition) is 3. The van der Waals surface area contributed by atoms with Crippen molar-refractivity contribution < 1.29 is 4.74 Å². The van der Waals surface area contributed by atoms with Crippen molar-refractivity contribution in [1.82, 2.24) is 15.1 Å². The van der Waals surface area contributed by atoms with E-state index >= 15 is 0 Å². The molecule has 1 rings (SSSR count). The van der Waals surface area contributed by atoms with Crippen LogP contribution in [0, 0.1) is 5.92 Å². The minimum absolute atomic E-state index is 0. The quantitative estimate of drug-likeness (QED) is 0.280. The Kier molecular flexibility index (Phi) is 12.3. The molecule has 1 atom stereocenters. The molecule has 0 aromatic carbocycles. The van der Waals surface area contributed by atoms with Crippen LogP contribution in [0.4, 0.5) is 0 Å². The number of rotatable bonds is 8. The van der Waals surface area contributed by atoms with E-state index in [1.54, 1.807) is 0 Å². The molecule has 6 heteroatoms. The van der Waals surface area contributed by atoms with Crippen LogP contribution in [0.15, 0.2) is 4.99 Å². The van der Waals surface area contributed by atoms with Crippen LogP contribution >= 0.6 is 24.0 Å². The van der Waals surface area contributed by atoms with Gasteiger partial charge in [-0.2, -0.15) is 0 Å². The number of halogens is 1. The lowest BCUT2D eigenvalue weighted by molar-refractivity contribution is 0.181. The average molecular weight is 426 g/mol. The molecule has 0 saturated carbocycles. The van der Waals surface area contributed by atoms with Crippen molar-refractivity contribution >= 4 is 29.9 Å². The second kappa shape index (κ2) is 12.4. The lowest BCUT2D eigenvalue weighted by Crippen LogP contribution is -2.41. The maximum atomic E-state index is 5.43. The van der Waals surface area contributed by atoms with E-state index in [4.69, 9.17) is 4.74 Å². The van der Waals surface area contributed by atoms with Gasteiger partial charge < -0.3 is 19.9 Å². The Labute approximate surface area is 153 Å². The molecule has 0 aromatic heterocycles. The Balaban J connectivity index is 0.00000441. The number of aliphatic imine (C=N–C) groups is 1. The van der Waals surface area contributed by atoms with Crippen LogP contribution in [0.3, 0.4) is 0 Å². The highest BCUT2D eigenvalue weighted by molar-refractivity contribution is 14.0. The summed E-state index contributed by atoms with van der Waals surface area (Å²) in [4.78, 5) is 8.98. The average Bonchev–Trinajstić information content (AvgIpc) is 2.95. The van der Waals surface area contributed by atoms with Crippen LogP contribution in [0.2, 0.25) is 0 Å². The summed E-state index contributed by atoms with van der Waals surface area (Å²) in [6, 6.07) is 0.630. The predicted molar refractivity (Wildman–Crippen MR) is 105 cm³/mol. The van der Waals surface area contributed by atoms with Crippen molar-refractivity contribution in [2.45, 2.75) is 39.2 Å². The van der Waals surface area contributed by atoms with Gasteiger partial charge in [0.2, 0.25) is 0 Å². The van der Waals surface area contributed by atoms with Crippen LogP contribution in [0.25, 0.3) is 0 Å². The zero-order valence-electron chi connectivity index (χ0n) is 15.0. The van der Waals surface area contributed by atoms with Gasteiger partial charge in [0, 0.05) is 45.8 Å². The molecule has 1 saturated heterocycles. The van der Waals surface area contributed by atoms with Gasteiger partial charge in [-0.3, -0.25) is 4.99 Å². The van der Waals surface area contributed by atoms with Gasteiger partial charge in [0.1, 0.15) is 0 Å². The monoisotopic (exact) mass is 426 g/mol. The maximum Gasteiger partial charge on any atom is 0.193 e. The summed E-state index contributed by atoms with van der Waals surface area (Å²) < 4.78 is 5.43. The zero-order chi connectivity index (χ0) is 15.7. The summed E-state index contributed by atoms with van der Waals surface area (Å²) in [5, 5.41) is 3.46. The third kappa shape index (κ3) is 8.53. The number of nitrogens with one attached hydrogen (secondary N) is 1. The molecule has 0 bridgehead atoms. The first-order valence-corrected chi connectivity index (χ1v) is 8.24. The van der Waals surface area contributed by atoms with Gasteiger partial charge in [0.15, 0.2) is 5.96 Å². The largest absolute Gasteiger partial charge is 0.381 e. The highest BCUT2D eigenvalue weighted by Crippen LogP contribution is 2.13. The molecule has 5 nitrogen and oxygen atoms in total. The molecule has 0 amide bonds. The molecule has 1 unspecified atom stereocenters. The smallest absolute Gasteiger partial charge is 0.193 e. The molecule has 1 fully saturated rings. The minimum Gasteiger partial charge on any atom is -0.381 e. The summed E-state index contributed by atoms with van der Waals surface area (Å²) in [6.07, 6.45) is 3.57. The maximum absolute atomic E-state index is 5.43. The van der Waals surface area contributed by atoms with Crippen molar-refractivity contribution in [2.24, 2.45) is 10.9 Å². The van der Waals surface area contributed by atoms with E-state index in [0.717, 1.165) is 38.8 Å². The summed E-state index contributed by atoms with van der Waals surface area (Å²) >= 11 is 0. The van der Waals surface area contributed by atoms with Gasteiger partial charge in [0.25, 0.3) is 0 Å². The van der Waals surface area contributed by atoms with Crippen LogP contribution in [0.5, 0.6) is 0 Å². The molecule has 22 heavy (non-hydrogen) atoms. The lowest BCUT2D eigenvalue weighted by Gasteiger charge is -2.25. The molecule has 0 aliphatic carbocycles. The highest BCUT2D eigenvalue weighted by Gasteiger charge is 2.18. The second-order valence-electron chi connectivity index (χ2n) is 6.37. The fourth-order valence-electron chi connectivity index (χ4n) is 2.53. The molecule has 132 valence electrons. The summed E-state index contributed by atoms with van der Waals surface area (Å²) in [6.45, 7) is 9.45. The lowest BCUT2D eigenvalue weighted by atomic mass is 10.1. The van der Waals surface area contributed by atoms with Crippen molar-refractivity contribution in [2.75, 3.05) is 54.0 Å². The number of hydrogen-bond donors (Lipinski definition) is 1. The van der Waals surface area contributed by atoms with Crippen LogP contribution < -0.4 is 5.32 Å². The molecular formula is C16H35IN4O. The molecule has 1 aliphatic heterocycles. The highest BCUT2D eigenvalue weighted by atomic mass is 127. The first kappa shape index (κ1) is 21.9. The number of unbranched alkanes of at least 4 members (excludes halogenated alkanes) is 1. The minimum atomic E-state index is 0. The van der Waals surface area contributed by atoms with Crippen LogP contribution in [-0.2, 0) is 4.74 Å². The van der Waals surface area contributed by atoms with E-state index in [-0.39, 0.29) is 24.0 Å². The second-order valence-corrected chi connectivity index (χ2v) is 6.37. The number of nitrogens with zero attached hydrogens (tertiary/aromatic N) is 3. The van der Waals surface area contributed by atoms with Crippen LogP contribution in [0.1, 0.15) is 33.1 Å². The Morgan fingerprint density at radius 2 is 2.05 bits per heavy atom. The number of guanidine groups is 1. The summed E-state index contributed by atoms with van der Waals surface area (Å²) in [5.41, 5.74) is 0. The molecule has 1 aliphatic rings. The van der Waals surface area contributed by atoms with E-state index in [1.165, 1.54) is 19.3 Å². The van der Waals surface area contributed by atoms with Gasteiger partial charge >= 0.3 is 0 Å². The Morgan fingerprint density at radius 1 is 1.32 bits per heavy atom. The van der Waals surface area contributed by atoms with E-state index < -0.39 is 0 Å². The van der Waals surface area contributed by atoms with Gasteiger partial charge in [-0.05, 0) is 46.7 Å². The van der Waals surface area contributed by atoms with Crippen molar-refractivity contribution in [1.29, 1.82) is 0 Å². The predicted octanol–water partition coefficient (Wildman–Crippen LogP) is 2.27. The van der Waals surface area contributed by atoms with E-state index in [9.17, 15) is 0 Å². The fourth-order valence-corrected chi connectivity index (χ4v) is 2.53. The van der Waals surface area contributed by atoms with Crippen molar-refractivity contribution in [3.63, 3.8) is 0 Å². The van der Waals surface area contributed by atoms with E-state index in [1.807, 2.05) is 7.05 Å². The summed E-state index contributed by atoms with van der Waals surface area (Å²) in [7, 11) is 6.16. The topological polar surface area (TPSA) is 40.1 Å². The van der Waals surface area contributed by atoms with Crippen molar-refractivity contribution in [3.05, 3.63) is 0 Å². The Hall–Kier alpha value is -0.0800. The third-order valence-corrected chi connectivity index (χ3v) is 4.23. The summed E-state index contributed by atoms with van der Waals surface area (Å²) in [5.74, 6) is 1.65. The molecular weight excluding hydrogens is 391 g/mol. The van der Waals surface area contributed by atoms with Gasteiger partial charge in [-0.1, -0.05) is 0 Å². The Morgan fingerprint density at radius 3 is 2.59 bits per heavy atom. The molecule has 0 radical (unpaired) electrons. The van der Waals surface area contributed by atoms with Crippen LogP contribution in [-0.4, -0.2) is 75.8 Å².